The molecule has 3 rings (SSSR count). The molecular formula is C16H17FN2. The zero-order valence-corrected chi connectivity index (χ0v) is 10.8. The predicted octanol–water partition coefficient (Wildman–Crippen LogP) is 3.44. The molecule has 0 fully saturated rings. The van der Waals surface area contributed by atoms with Crippen LogP contribution in [0.15, 0.2) is 42.5 Å². The lowest BCUT2D eigenvalue weighted by molar-refractivity contribution is 0.528. The van der Waals surface area contributed by atoms with Gasteiger partial charge in [0.25, 0.3) is 0 Å². The van der Waals surface area contributed by atoms with Crippen LogP contribution in [0.3, 0.4) is 0 Å². The van der Waals surface area contributed by atoms with E-state index in [9.17, 15) is 4.39 Å². The summed E-state index contributed by atoms with van der Waals surface area (Å²) in [6.07, 6.45) is 3.41. The van der Waals surface area contributed by atoms with Crippen LogP contribution in [0, 0.1) is 11.9 Å². The van der Waals surface area contributed by atoms with E-state index < -0.39 is 5.95 Å². The molecule has 0 aliphatic heterocycles. The maximum absolute atomic E-state index is 12.9. The Morgan fingerprint density at radius 3 is 2.47 bits per heavy atom. The van der Waals surface area contributed by atoms with E-state index in [-0.39, 0.29) is 0 Å². The van der Waals surface area contributed by atoms with Crippen molar-refractivity contribution in [1.82, 2.24) is 4.98 Å². The summed E-state index contributed by atoms with van der Waals surface area (Å²) in [4.78, 5) is 3.80. The Balaban J connectivity index is 1.50. The van der Waals surface area contributed by atoms with Crippen LogP contribution in [-0.4, -0.2) is 11.5 Å². The molecule has 2 aromatic rings. The Labute approximate surface area is 112 Å². The first-order chi connectivity index (χ1) is 9.31. The van der Waals surface area contributed by atoms with Crippen molar-refractivity contribution in [2.45, 2.75) is 19.3 Å². The highest BCUT2D eigenvalue weighted by Crippen LogP contribution is 2.28. The molecule has 3 heteroatoms. The third-order valence-electron chi connectivity index (χ3n) is 3.71. The Morgan fingerprint density at radius 1 is 1.05 bits per heavy atom. The van der Waals surface area contributed by atoms with Crippen molar-refractivity contribution in [2.24, 2.45) is 5.92 Å². The molecule has 1 aliphatic carbocycles. The number of rotatable bonds is 4. The zero-order chi connectivity index (χ0) is 13.1. The first-order valence-corrected chi connectivity index (χ1v) is 6.74. The number of nitrogens with zero attached hydrogens (tertiary/aromatic N) is 1. The summed E-state index contributed by atoms with van der Waals surface area (Å²) in [5.74, 6) is 0.882. The summed E-state index contributed by atoms with van der Waals surface area (Å²) in [6, 6.07) is 13.5. The Bertz CT molecular complexity index is 543. The number of fused-ring (bicyclic) bond motifs is 1. The van der Waals surface area contributed by atoms with Gasteiger partial charge in [0, 0.05) is 6.54 Å². The van der Waals surface area contributed by atoms with E-state index in [1.165, 1.54) is 17.2 Å². The fourth-order valence-corrected chi connectivity index (χ4v) is 2.77. The van der Waals surface area contributed by atoms with Gasteiger partial charge in [-0.25, -0.2) is 4.98 Å². The molecule has 1 aliphatic rings. The third kappa shape index (κ3) is 2.92. The van der Waals surface area contributed by atoms with E-state index >= 15 is 0 Å². The van der Waals surface area contributed by atoms with E-state index in [1.807, 2.05) is 0 Å². The SMILES string of the molecule is Fc1cccc(NCCC2Cc3ccccc3C2)n1. The van der Waals surface area contributed by atoms with Crippen LogP contribution >= 0.6 is 0 Å². The fourth-order valence-electron chi connectivity index (χ4n) is 2.77. The number of nitrogens with one attached hydrogen (secondary N) is 1. The van der Waals surface area contributed by atoms with Crippen molar-refractivity contribution in [3.8, 4) is 0 Å². The summed E-state index contributed by atoms with van der Waals surface area (Å²) < 4.78 is 12.9. The van der Waals surface area contributed by atoms with Crippen LogP contribution in [0.2, 0.25) is 0 Å². The molecule has 0 unspecified atom stereocenters. The van der Waals surface area contributed by atoms with Gasteiger partial charge >= 0.3 is 0 Å². The molecule has 0 amide bonds. The first kappa shape index (κ1) is 12.2. The molecule has 0 radical (unpaired) electrons. The molecule has 0 bridgehead atoms. The highest BCUT2D eigenvalue weighted by molar-refractivity contribution is 5.34. The van der Waals surface area contributed by atoms with Gasteiger partial charge in [-0.15, -0.1) is 0 Å². The second-order valence-corrected chi connectivity index (χ2v) is 5.10. The minimum Gasteiger partial charge on any atom is -0.370 e. The number of anilines is 1. The molecule has 1 aromatic carbocycles. The molecule has 1 heterocycles. The van der Waals surface area contributed by atoms with Crippen molar-refractivity contribution >= 4 is 5.82 Å². The van der Waals surface area contributed by atoms with Gasteiger partial charge in [0.15, 0.2) is 0 Å². The van der Waals surface area contributed by atoms with E-state index in [0.717, 1.165) is 25.8 Å². The molecule has 0 spiro atoms. The van der Waals surface area contributed by atoms with E-state index in [1.54, 1.807) is 12.1 Å². The lowest BCUT2D eigenvalue weighted by Crippen LogP contribution is -2.10. The van der Waals surface area contributed by atoms with E-state index in [2.05, 4.69) is 34.6 Å². The number of hydrogen-bond acceptors (Lipinski definition) is 2. The second-order valence-electron chi connectivity index (χ2n) is 5.10. The van der Waals surface area contributed by atoms with Crippen LogP contribution in [-0.2, 0) is 12.8 Å². The van der Waals surface area contributed by atoms with Crippen LogP contribution in [0.25, 0.3) is 0 Å². The van der Waals surface area contributed by atoms with Gasteiger partial charge in [-0.3, -0.25) is 0 Å². The lowest BCUT2D eigenvalue weighted by Gasteiger charge is -2.10. The highest BCUT2D eigenvalue weighted by atomic mass is 19.1. The summed E-state index contributed by atoms with van der Waals surface area (Å²) in [6.45, 7) is 0.842. The van der Waals surface area contributed by atoms with Crippen molar-refractivity contribution in [2.75, 3.05) is 11.9 Å². The van der Waals surface area contributed by atoms with Gasteiger partial charge in [-0.05, 0) is 48.4 Å². The quantitative estimate of drug-likeness (QED) is 0.848. The smallest absolute Gasteiger partial charge is 0.214 e. The second kappa shape index (κ2) is 5.39. The first-order valence-electron chi connectivity index (χ1n) is 6.74. The number of aromatic nitrogens is 1. The molecule has 1 aromatic heterocycles. The average molecular weight is 256 g/mol. The lowest BCUT2D eigenvalue weighted by atomic mass is 10.0. The summed E-state index contributed by atoms with van der Waals surface area (Å²) >= 11 is 0. The number of hydrogen-bond donors (Lipinski definition) is 1. The highest BCUT2D eigenvalue weighted by Gasteiger charge is 2.20. The maximum Gasteiger partial charge on any atom is 0.214 e. The molecule has 0 atom stereocenters. The van der Waals surface area contributed by atoms with Crippen molar-refractivity contribution < 1.29 is 4.39 Å². The number of pyridine rings is 1. The van der Waals surface area contributed by atoms with Crippen LogP contribution in [0.5, 0.6) is 0 Å². The van der Waals surface area contributed by atoms with Gasteiger partial charge in [0.05, 0.1) is 0 Å². The summed E-state index contributed by atoms with van der Waals surface area (Å²) in [7, 11) is 0. The Hall–Kier alpha value is -1.90. The maximum atomic E-state index is 12.9. The predicted molar refractivity (Wildman–Crippen MR) is 74.6 cm³/mol. The van der Waals surface area contributed by atoms with Gasteiger partial charge in [-0.1, -0.05) is 30.3 Å². The number of halogens is 1. The normalized spacial score (nSPS) is 14.4. The molecule has 1 N–H and O–H groups in total. The molecule has 98 valence electrons. The molecule has 2 nitrogen and oxygen atoms in total. The average Bonchev–Trinajstić information content (AvgIpc) is 2.81. The van der Waals surface area contributed by atoms with Gasteiger partial charge in [0.1, 0.15) is 5.82 Å². The molecule has 0 saturated heterocycles. The van der Waals surface area contributed by atoms with Gasteiger partial charge < -0.3 is 5.32 Å². The number of benzene rings is 1. The minimum atomic E-state index is -0.432. The van der Waals surface area contributed by atoms with E-state index in [0.29, 0.717) is 11.7 Å². The van der Waals surface area contributed by atoms with Crippen LogP contribution in [0.4, 0.5) is 10.2 Å². The Kier molecular flexibility index (Phi) is 3.45. The summed E-state index contributed by atoms with van der Waals surface area (Å²) in [5.41, 5.74) is 2.97. The zero-order valence-electron chi connectivity index (χ0n) is 10.8. The largest absolute Gasteiger partial charge is 0.370 e. The topological polar surface area (TPSA) is 24.9 Å². The van der Waals surface area contributed by atoms with Gasteiger partial charge in [-0.2, -0.15) is 4.39 Å². The van der Waals surface area contributed by atoms with Crippen LogP contribution < -0.4 is 5.32 Å². The van der Waals surface area contributed by atoms with Crippen LogP contribution in [0.1, 0.15) is 17.5 Å². The summed E-state index contributed by atoms with van der Waals surface area (Å²) in [5, 5.41) is 3.19. The van der Waals surface area contributed by atoms with Crippen molar-refractivity contribution in [1.29, 1.82) is 0 Å². The molecular weight excluding hydrogens is 239 g/mol. The van der Waals surface area contributed by atoms with Crippen molar-refractivity contribution in [3.05, 3.63) is 59.5 Å². The van der Waals surface area contributed by atoms with Gasteiger partial charge in [0.2, 0.25) is 5.95 Å². The van der Waals surface area contributed by atoms with Crippen molar-refractivity contribution in [3.63, 3.8) is 0 Å². The monoisotopic (exact) mass is 256 g/mol. The third-order valence-corrected chi connectivity index (χ3v) is 3.71. The van der Waals surface area contributed by atoms with E-state index in [4.69, 9.17) is 0 Å². The Morgan fingerprint density at radius 2 is 1.79 bits per heavy atom. The molecule has 0 saturated carbocycles. The minimum absolute atomic E-state index is 0.432. The fraction of sp³-hybridized carbons (Fsp3) is 0.312. The standard InChI is InChI=1S/C16H17FN2/c17-15-6-3-7-16(19-15)18-9-8-12-10-13-4-1-2-5-14(13)11-12/h1-7,12H,8-11H2,(H,18,19). The molecule has 19 heavy (non-hydrogen) atoms.